The maximum Gasteiger partial charge on any atom is 0.410 e. The Kier molecular flexibility index (Phi) is 4.20. The number of carbonyl (C=O) groups is 1. The fourth-order valence-electron chi connectivity index (χ4n) is 1.49. The van der Waals surface area contributed by atoms with Gasteiger partial charge in [-0.3, -0.25) is 4.68 Å². The summed E-state index contributed by atoms with van der Waals surface area (Å²) in [5.74, 6) is 0. The van der Waals surface area contributed by atoms with E-state index in [-0.39, 0.29) is 6.04 Å². The van der Waals surface area contributed by atoms with E-state index in [1.165, 1.54) is 9.58 Å². The SMILES string of the molecule is C[C@@H](c1cc(C#N)n(C)n1)N(C)C(=O)OC(C)(C)C. The van der Waals surface area contributed by atoms with Crippen LogP contribution < -0.4 is 0 Å². The maximum atomic E-state index is 11.9. The average Bonchev–Trinajstić information content (AvgIpc) is 2.66. The van der Waals surface area contributed by atoms with Gasteiger partial charge in [-0.05, 0) is 33.8 Å². The second kappa shape index (κ2) is 5.31. The van der Waals surface area contributed by atoms with Gasteiger partial charge in [-0.1, -0.05) is 0 Å². The molecule has 0 aromatic carbocycles. The minimum absolute atomic E-state index is 0.261. The summed E-state index contributed by atoms with van der Waals surface area (Å²) in [7, 11) is 3.35. The molecule has 1 atom stereocenters. The molecule has 0 bridgehead atoms. The second-order valence-corrected chi connectivity index (χ2v) is 5.46. The van der Waals surface area contributed by atoms with Crippen molar-refractivity contribution in [1.82, 2.24) is 14.7 Å². The van der Waals surface area contributed by atoms with Crippen LogP contribution >= 0.6 is 0 Å². The van der Waals surface area contributed by atoms with Crippen molar-refractivity contribution in [3.63, 3.8) is 0 Å². The highest BCUT2D eigenvalue weighted by Crippen LogP contribution is 2.20. The number of ether oxygens (including phenoxy) is 1. The smallest absolute Gasteiger partial charge is 0.410 e. The Labute approximate surface area is 113 Å². The summed E-state index contributed by atoms with van der Waals surface area (Å²) in [5, 5.41) is 13.1. The lowest BCUT2D eigenvalue weighted by molar-refractivity contribution is 0.0230. The molecule has 0 radical (unpaired) electrons. The van der Waals surface area contributed by atoms with Crippen molar-refractivity contribution in [1.29, 1.82) is 5.26 Å². The number of amides is 1. The lowest BCUT2D eigenvalue weighted by atomic mass is 10.2. The van der Waals surface area contributed by atoms with Crippen LogP contribution in [0.25, 0.3) is 0 Å². The second-order valence-electron chi connectivity index (χ2n) is 5.46. The van der Waals surface area contributed by atoms with E-state index in [0.29, 0.717) is 11.4 Å². The van der Waals surface area contributed by atoms with E-state index in [9.17, 15) is 4.79 Å². The van der Waals surface area contributed by atoms with Crippen molar-refractivity contribution >= 4 is 6.09 Å². The van der Waals surface area contributed by atoms with Gasteiger partial charge in [0.2, 0.25) is 0 Å². The quantitative estimate of drug-likeness (QED) is 0.821. The number of carbonyl (C=O) groups excluding carboxylic acids is 1. The highest BCUT2D eigenvalue weighted by atomic mass is 16.6. The Morgan fingerprint density at radius 3 is 2.58 bits per heavy atom. The highest BCUT2D eigenvalue weighted by Gasteiger charge is 2.25. The molecule has 0 fully saturated rings. The number of nitriles is 1. The Balaban J connectivity index is 2.84. The van der Waals surface area contributed by atoms with Gasteiger partial charge in [0.25, 0.3) is 0 Å². The topological polar surface area (TPSA) is 71.2 Å². The third-order valence-corrected chi connectivity index (χ3v) is 2.70. The van der Waals surface area contributed by atoms with Gasteiger partial charge >= 0.3 is 6.09 Å². The summed E-state index contributed by atoms with van der Waals surface area (Å²) in [6.07, 6.45) is -0.413. The molecule has 6 heteroatoms. The van der Waals surface area contributed by atoms with Gasteiger partial charge in [-0.2, -0.15) is 10.4 Å². The molecule has 1 rings (SSSR count). The molecule has 0 aliphatic rings. The Morgan fingerprint density at radius 2 is 2.16 bits per heavy atom. The fourth-order valence-corrected chi connectivity index (χ4v) is 1.49. The maximum absolute atomic E-state index is 11.9. The zero-order chi connectivity index (χ0) is 14.8. The third kappa shape index (κ3) is 3.71. The predicted octanol–water partition coefficient (Wildman–Crippen LogP) is 2.22. The van der Waals surface area contributed by atoms with E-state index in [4.69, 9.17) is 10.00 Å². The highest BCUT2D eigenvalue weighted by molar-refractivity contribution is 5.68. The Hall–Kier alpha value is -2.03. The molecule has 1 heterocycles. The van der Waals surface area contributed by atoms with Gasteiger partial charge in [-0.15, -0.1) is 0 Å². The zero-order valence-electron chi connectivity index (χ0n) is 12.3. The van der Waals surface area contributed by atoms with E-state index in [2.05, 4.69) is 5.10 Å². The first-order chi connectivity index (χ1) is 8.65. The van der Waals surface area contributed by atoms with Crippen molar-refractivity contribution in [3.8, 4) is 6.07 Å². The number of rotatable bonds is 2. The zero-order valence-corrected chi connectivity index (χ0v) is 12.3. The fraction of sp³-hybridized carbons (Fsp3) is 0.615. The third-order valence-electron chi connectivity index (χ3n) is 2.70. The summed E-state index contributed by atoms with van der Waals surface area (Å²) in [6.45, 7) is 7.29. The number of aromatic nitrogens is 2. The molecule has 0 spiro atoms. The monoisotopic (exact) mass is 264 g/mol. The summed E-state index contributed by atoms with van der Waals surface area (Å²) in [4.78, 5) is 13.4. The molecule has 1 aromatic rings. The van der Waals surface area contributed by atoms with E-state index in [1.54, 1.807) is 20.2 Å². The van der Waals surface area contributed by atoms with Crippen molar-refractivity contribution < 1.29 is 9.53 Å². The van der Waals surface area contributed by atoms with Crippen LogP contribution in [0.5, 0.6) is 0 Å². The minimum atomic E-state index is -0.535. The molecular weight excluding hydrogens is 244 g/mol. The molecule has 0 unspecified atom stereocenters. The first kappa shape index (κ1) is 15.0. The number of nitrogens with zero attached hydrogens (tertiary/aromatic N) is 4. The standard InChI is InChI=1S/C13H20N4O2/c1-9(11-7-10(8-14)17(6)15-11)16(5)12(18)19-13(2,3)4/h7,9H,1-6H3/t9-/m0/s1. The van der Waals surface area contributed by atoms with Crippen LogP contribution in [0.4, 0.5) is 4.79 Å². The lowest BCUT2D eigenvalue weighted by Crippen LogP contribution is -2.35. The average molecular weight is 264 g/mol. The van der Waals surface area contributed by atoms with Gasteiger partial charge in [0.05, 0.1) is 11.7 Å². The van der Waals surface area contributed by atoms with E-state index < -0.39 is 11.7 Å². The molecular formula is C13H20N4O2. The molecule has 1 aromatic heterocycles. The number of hydrogen-bond acceptors (Lipinski definition) is 4. The molecule has 0 aliphatic carbocycles. The lowest BCUT2D eigenvalue weighted by Gasteiger charge is -2.27. The summed E-state index contributed by atoms with van der Waals surface area (Å²) in [5.41, 5.74) is 0.583. The van der Waals surface area contributed by atoms with Crippen molar-refractivity contribution in [2.45, 2.75) is 39.3 Å². The molecule has 0 saturated heterocycles. The van der Waals surface area contributed by atoms with Crippen LogP contribution in [0.3, 0.4) is 0 Å². The van der Waals surface area contributed by atoms with Crippen molar-refractivity contribution in [2.24, 2.45) is 7.05 Å². The molecule has 1 amide bonds. The molecule has 6 nitrogen and oxygen atoms in total. The van der Waals surface area contributed by atoms with Crippen LogP contribution in [0, 0.1) is 11.3 Å². The minimum Gasteiger partial charge on any atom is -0.444 e. The first-order valence-electron chi connectivity index (χ1n) is 6.05. The summed E-state index contributed by atoms with van der Waals surface area (Å²) < 4.78 is 6.79. The summed E-state index contributed by atoms with van der Waals surface area (Å²) in [6, 6.07) is 3.45. The number of aryl methyl sites for hydroxylation is 1. The van der Waals surface area contributed by atoms with Gasteiger partial charge in [0.1, 0.15) is 17.4 Å². The van der Waals surface area contributed by atoms with Crippen LogP contribution in [-0.4, -0.2) is 33.4 Å². The van der Waals surface area contributed by atoms with Gasteiger partial charge in [-0.25, -0.2) is 4.79 Å². The van der Waals surface area contributed by atoms with Crippen LogP contribution in [0.2, 0.25) is 0 Å². The molecule has 104 valence electrons. The molecule has 0 saturated carbocycles. The van der Waals surface area contributed by atoms with Gasteiger partial charge in [0, 0.05) is 14.1 Å². The van der Waals surface area contributed by atoms with Crippen molar-refractivity contribution in [2.75, 3.05) is 7.05 Å². The van der Waals surface area contributed by atoms with Crippen molar-refractivity contribution in [3.05, 3.63) is 17.5 Å². The Morgan fingerprint density at radius 1 is 1.58 bits per heavy atom. The predicted molar refractivity (Wildman–Crippen MR) is 70.3 cm³/mol. The van der Waals surface area contributed by atoms with Crippen LogP contribution in [0.15, 0.2) is 6.07 Å². The molecule has 0 aliphatic heterocycles. The van der Waals surface area contributed by atoms with E-state index in [0.717, 1.165) is 0 Å². The van der Waals surface area contributed by atoms with E-state index in [1.807, 2.05) is 33.8 Å². The molecule has 0 N–H and O–H groups in total. The molecule has 19 heavy (non-hydrogen) atoms. The van der Waals surface area contributed by atoms with Gasteiger partial charge < -0.3 is 9.64 Å². The van der Waals surface area contributed by atoms with Crippen LogP contribution in [0.1, 0.15) is 45.1 Å². The van der Waals surface area contributed by atoms with Crippen LogP contribution in [-0.2, 0) is 11.8 Å². The number of hydrogen-bond donors (Lipinski definition) is 0. The normalized spacial score (nSPS) is 12.7. The Bertz CT molecular complexity index is 508. The first-order valence-corrected chi connectivity index (χ1v) is 6.05. The summed E-state index contributed by atoms with van der Waals surface area (Å²) >= 11 is 0. The van der Waals surface area contributed by atoms with Gasteiger partial charge in [0.15, 0.2) is 0 Å². The van der Waals surface area contributed by atoms with E-state index >= 15 is 0 Å². The largest absolute Gasteiger partial charge is 0.444 e.